The Labute approximate surface area is 139 Å². The highest BCUT2D eigenvalue weighted by Crippen LogP contribution is 2.32. The standard InChI is InChI=1S/C18H18N2O2S/c1-12-2-4-13(5-3-12)16-11-23-18(20-16)14-6-7-17(15(19)10-14)22-9-8-21/h2-7,10-11,21H,8-9,19H2,1H3. The quantitative estimate of drug-likeness (QED) is 0.701. The minimum Gasteiger partial charge on any atom is -0.489 e. The Bertz CT molecular complexity index is 797. The molecule has 0 saturated heterocycles. The van der Waals surface area contributed by atoms with Crippen molar-refractivity contribution in [3.8, 4) is 27.6 Å². The molecule has 5 heteroatoms. The lowest BCUT2D eigenvalue weighted by molar-refractivity contribution is 0.202. The molecule has 0 spiro atoms. The van der Waals surface area contributed by atoms with E-state index in [0.717, 1.165) is 21.8 Å². The van der Waals surface area contributed by atoms with E-state index in [1.54, 1.807) is 11.3 Å². The molecule has 0 fully saturated rings. The van der Waals surface area contributed by atoms with Gasteiger partial charge in [-0.25, -0.2) is 4.98 Å². The van der Waals surface area contributed by atoms with Gasteiger partial charge < -0.3 is 15.6 Å². The summed E-state index contributed by atoms with van der Waals surface area (Å²) in [6.07, 6.45) is 0. The van der Waals surface area contributed by atoms with Crippen molar-refractivity contribution in [1.29, 1.82) is 0 Å². The summed E-state index contributed by atoms with van der Waals surface area (Å²) in [5.74, 6) is 0.582. The van der Waals surface area contributed by atoms with Crippen molar-refractivity contribution >= 4 is 17.0 Å². The fourth-order valence-electron chi connectivity index (χ4n) is 2.23. The predicted octanol–water partition coefficient (Wildman–Crippen LogP) is 3.74. The summed E-state index contributed by atoms with van der Waals surface area (Å²) >= 11 is 1.59. The maximum Gasteiger partial charge on any atom is 0.142 e. The molecule has 23 heavy (non-hydrogen) atoms. The van der Waals surface area contributed by atoms with Crippen LogP contribution in [0.2, 0.25) is 0 Å². The van der Waals surface area contributed by atoms with Crippen molar-refractivity contribution in [3.63, 3.8) is 0 Å². The molecular weight excluding hydrogens is 308 g/mol. The number of nitrogen functional groups attached to an aromatic ring is 1. The third-order valence-corrected chi connectivity index (χ3v) is 4.35. The van der Waals surface area contributed by atoms with Gasteiger partial charge in [-0.3, -0.25) is 0 Å². The number of nitrogens with zero attached hydrogens (tertiary/aromatic N) is 1. The lowest BCUT2D eigenvalue weighted by atomic mass is 10.1. The van der Waals surface area contributed by atoms with Crippen molar-refractivity contribution in [3.05, 3.63) is 53.4 Å². The van der Waals surface area contributed by atoms with Gasteiger partial charge in [0.1, 0.15) is 17.4 Å². The fraction of sp³-hybridized carbons (Fsp3) is 0.167. The molecule has 0 atom stereocenters. The van der Waals surface area contributed by atoms with E-state index in [-0.39, 0.29) is 13.2 Å². The van der Waals surface area contributed by atoms with Crippen LogP contribution in [0.1, 0.15) is 5.56 Å². The number of nitrogens with two attached hydrogens (primary N) is 1. The van der Waals surface area contributed by atoms with Gasteiger partial charge in [0.05, 0.1) is 18.0 Å². The highest BCUT2D eigenvalue weighted by atomic mass is 32.1. The molecule has 3 N–H and O–H groups in total. The number of aromatic nitrogens is 1. The van der Waals surface area contributed by atoms with Crippen molar-refractivity contribution in [2.24, 2.45) is 0 Å². The van der Waals surface area contributed by atoms with Crippen molar-refractivity contribution in [1.82, 2.24) is 4.98 Å². The molecule has 0 amide bonds. The van der Waals surface area contributed by atoms with Gasteiger partial charge in [-0.15, -0.1) is 11.3 Å². The van der Waals surface area contributed by atoms with Crippen LogP contribution in [0.25, 0.3) is 21.8 Å². The molecule has 1 aromatic heterocycles. The number of aliphatic hydroxyl groups excluding tert-OH is 1. The van der Waals surface area contributed by atoms with E-state index in [9.17, 15) is 0 Å². The number of aryl methyl sites for hydroxylation is 1. The number of thiazole rings is 1. The van der Waals surface area contributed by atoms with Crippen LogP contribution in [0, 0.1) is 6.92 Å². The Morgan fingerprint density at radius 3 is 2.57 bits per heavy atom. The van der Waals surface area contributed by atoms with E-state index in [4.69, 9.17) is 20.6 Å². The Morgan fingerprint density at radius 2 is 1.87 bits per heavy atom. The van der Waals surface area contributed by atoms with Crippen LogP contribution in [0.3, 0.4) is 0 Å². The zero-order valence-electron chi connectivity index (χ0n) is 12.8. The van der Waals surface area contributed by atoms with Gasteiger partial charge in [0.2, 0.25) is 0 Å². The number of hydrogen-bond donors (Lipinski definition) is 2. The van der Waals surface area contributed by atoms with E-state index in [1.165, 1.54) is 5.56 Å². The summed E-state index contributed by atoms with van der Waals surface area (Å²) in [6.45, 7) is 2.27. The van der Waals surface area contributed by atoms with Crippen molar-refractivity contribution in [2.75, 3.05) is 18.9 Å². The van der Waals surface area contributed by atoms with E-state index in [1.807, 2.05) is 23.6 Å². The second-order valence-corrected chi connectivity index (χ2v) is 6.09. The SMILES string of the molecule is Cc1ccc(-c2csc(-c3ccc(OCCO)c(N)c3)n2)cc1. The number of hydrogen-bond acceptors (Lipinski definition) is 5. The fourth-order valence-corrected chi connectivity index (χ4v) is 3.06. The molecule has 0 aliphatic carbocycles. The maximum atomic E-state index is 8.81. The van der Waals surface area contributed by atoms with Crippen LogP contribution in [0.5, 0.6) is 5.75 Å². The normalized spacial score (nSPS) is 10.7. The van der Waals surface area contributed by atoms with E-state index < -0.39 is 0 Å². The van der Waals surface area contributed by atoms with Gasteiger partial charge in [-0.05, 0) is 25.1 Å². The molecule has 0 radical (unpaired) electrons. The van der Waals surface area contributed by atoms with E-state index >= 15 is 0 Å². The number of rotatable bonds is 5. The molecule has 3 aromatic rings. The first-order chi connectivity index (χ1) is 11.2. The molecule has 1 heterocycles. The Morgan fingerprint density at radius 1 is 1.13 bits per heavy atom. The predicted molar refractivity (Wildman–Crippen MR) is 94.7 cm³/mol. The Hall–Kier alpha value is -2.37. The van der Waals surface area contributed by atoms with Crippen LogP contribution < -0.4 is 10.5 Å². The van der Waals surface area contributed by atoms with Crippen LogP contribution in [0.4, 0.5) is 5.69 Å². The lowest BCUT2D eigenvalue weighted by Gasteiger charge is -2.08. The summed E-state index contributed by atoms with van der Waals surface area (Å²) in [4.78, 5) is 4.70. The third kappa shape index (κ3) is 3.52. The average Bonchev–Trinajstić information content (AvgIpc) is 3.04. The molecule has 0 saturated carbocycles. The lowest BCUT2D eigenvalue weighted by Crippen LogP contribution is -2.03. The molecule has 0 aliphatic heterocycles. The highest BCUT2D eigenvalue weighted by Gasteiger charge is 2.09. The summed E-state index contributed by atoms with van der Waals surface area (Å²) in [5.41, 5.74) is 10.8. The van der Waals surface area contributed by atoms with Gasteiger partial charge in [-0.1, -0.05) is 29.8 Å². The minimum absolute atomic E-state index is 0.0341. The first-order valence-electron chi connectivity index (χ1n) is 7.33. The van der Waals surface area contributed by atoms with Crippen molar-refractivity contribution in [2.45, 2.75) is 6.92 Å². The average molecular weight is 326 g/mol. The number of aliphatic hydroxyl groups is 1. The third-order valence-electron chi connectivity index (χ3n) is 3.46. The van der Waals surface area contributed by atoms with Crippen LogP contribution in [-0.4, -0.2) is 23.3 Å². The first kappa shape index (κ1) is 15.5. The topological polar surface area (TPSA) is 68.4 Å². The summed E-state index contributed by atoms with van der Waals surface area (Å²) in [5, 5.41) is 11.8. The molecule has 4 nitrogen and oxygen atoms in total. The summed E-state index contributed by atoms with van der Waals surface area (Å²) < 4.78 is 5.37. The Balaban J connectivity index is 1.85. The first-order valence-corrected chi connectivity index (χ1v) is 8.21. The maximum absolute atomic E-state index is 8.81. The smallest absolute Gasteiger partial charge is 0.142 e. The molecule has 2 aromatic carbocycles. The molecule has 3 rings (SSSR count). The second-order valence-electron chi connectivity index (χ2n) is 5.23. The molecule has 118 valence electrons. The van der Waals surface area contributed by atoms with Crippen LogP contribution in [0.15, 0.2) is 47.8 Å². The van der Waals surface area contributed by atoms with Crippen molar-refractivity contribution < 1.29 is 9.84 Å². The van der Waals surface area contributed by atoms with Gasteiger partial charge in [0.15, 0.2) is 0 Å². The number of benzene rings is 2. The molecule has 0 bridgehead atoms. The van der Waals surface area contributed by atoms with E-state index in [0.29, 0.717) is 11.4 Å². The van der Waals surface area contributed by atoms with Gasteiger partial charge in [0, 0.05) is 16.5 Å². The number of anilines is 1. The summed E-state index contributed by atoms with van der Waals surface area (Å²) in [6, 6.07) is 13.9. The van der Waals surface area contributed by atoms with Gasteiger partial charge in [-0.2, -0.15) is 0 Å². The minimum atomic E-state index is -0.0341. The van der Waals surface area contributed by atoms with E-state index in [2.05, 4.69) is 31.2 Å². The highest BCUT2D eigenvalue weighted by molar-refractivity contribution is 7.13. The van der Waals surface area contributed by atoms with Crippen LogP contribution >= 0.6 is 11.3 Å². The van der Waals surface area contributed by atoms with Gasteiger partial charge >= 0.3 is 0 Å². The monoisotopic (exact) mass is 326 g/mol. The Kier molecular flexibility index (Phi) is 4.60. The molecule has 0 aliphatic rings. The number of ether oxygens (including phenoxy) is 1. The zero-order valence-corrected chi connectivity index (χ0v) is 13.6. The second kappa shape index (κ2) is 6.81. The largest absolute Gasteiger partial charge is 0.489 e. The zero-order chi connectivity index (χ0) is 16.2. The molecule has 0 unspecified atom stereocenters. The summed E-state index contributed by atoms with van der Waals surface area (Å²) in [7, 11) is 0. The van der Waals surface area contributed by atoms with Crippen LogP contribution in [-0.2, 0) is 0 Å². The van der Waals surface area contributed by atoms with Gasteiger partial charge in [0.25, 0.3) is 0 Å². The molecular formula is C18H18N2O2S.